The fourth-order valence-corrected chi connectivity index (χ4v) is 2.51. The number of hydrogen-bond donors (Lipinski definition) is 1. The SMILES string of the molecule is CC(=O)O[C@H]1[C@H](OC(C)=O)[C@@H](CO)O[C@@](N=[N+]=[N-])(OC(C)=O)[C@@H]1OC(C)=O. The Labute approximate surface area is 153 Å². The molecule has 0 aromatic rings. The van der Waals surface area contributed by atoms with Gasteiger partial charge in [-0.05, 0) is 10.6 Å². The molecule has 1 fully saturated rings. The summed E-state index contributed by atoms with van der Waals surface area (Å²) < 4.78 is 25.4. The van der Waals surface area contributed by atoms with Crippen LogP contribution in [0.1, 0.15) is 27.7 Å². The maximum absolute atomic E-state index is 11.6. The zero-order valence-corrected chi connectivity index (χ0v) is 15.0. The fraction of sp³-hybridized carbons (Fsp3) is 0.714. The highest BCUT2D eigenvalue weighted by Crippen LogP contribution is 2.38. The standard InChI is InChI=1S/C14H19N3O10/c1-6(19)23-11-10(5-18)27-14(16-17-15,26-9(4)22)13(25-8(3)21)12(11)24-7(2)20/h10-13,18H,5H2,1-4H3/t10-,11-,12+,13-,14+/m1/s1. The molecule has 1 rings (SSSR count). The number of ether oxygens (including phenoxy) is 5. The number of azide groups is 1. The first-order chi connectivity index (χ1) is 12.6. The Bertz CT molecular complexity index is 662. The predicted octanol–water partition coefficient (Wildman–Crippen LogP) is -0.300. The van der Waals surface area contributed by atoms with Crippen LogP contribution in [0.5, 0.6) is 0 Å². The molecule has 13 heteroatoms. The predicted molar refractivity (Wildman–Crippen MR) is 82.3 cm³/mol. The van der Waals surface area contributed by atoms with Gasteiger partial charge < -0.3 is 28.8 Å². The van der Waals surface area contributed by atoms with E-state index in [1.807, 2.05) is 0 Å². The van der Waals surface area contributed by atoms with Crippen molar-refractivity contribution in [2.75, 3.05) is 6.61 Å². The second kappa shape index (κ2) is 9.16. The highest BCUT2D eigenvalue weighted by atomic mass is 16.8. The maximum atomic E-state index is 11.6. The van der Waals surface area contributed by atoms with Crippen LogP contribution in [0.3, 0.4) is 0 Å². The third-order valence-electron chi connectivity index (χ3n) is 3.22. The highest BCUT2D eigenvalue weighted by Gasteiger charge is 2.62. The Morgan fingerprint density at radius 3 is 1.93 bits per heavy atom. The molecule has 1 N–H and O–H groups in total. The number of rotatable bonds is 6. The summed E-state index contributed by atoms with van der Waals surface area (Å²) in [5, 5.41) is 12.8. The molecule has 0 aliphatic carbocycles. The Balaban J connectivity index is 3.59. The summed E-state index contributed by atoms with van der Waals surface area (Å²) in [6, 6.07) is 0. The number of hydrogen-bond acceptors (Lipinski definition) is 11. The number of nitrogens with zero attached hydrogens (tertiary/aromatic N) is 3. The third-order valence-corrected chi connectivity index (χ3v) is 3.22. The van der Waals surface area contributed by atoms with Crippen molar-refractivity contribution >= 4 is 23.9 Å². The molecular formula is C14H19N3O10. The first-order valence-electron chi connectivity index (χ1n) is 7.62. The third kappa shape index (κ3) is 5.54. The van der Waals surface area contributed by atoms with Gasteiger partial charge in [0.15, 0.2) is 12.2 Å². The van der Waals surface area contributed by atoms with Crippen LogP contribution in [0.2, 0.25) is 0 Å². The average Bonchev–Trinajstić information content (AvgIpc) is 2.51. The van der Waals surface area contributed by atoms with Gasteiger partial charge in [-0.1, -0.05) is 0 Å². The zero-order valence-electron chi connectivity index (χ0n) is 15.0. The monoisotopic (exact) mass is 389 g/mol. The molecule has 0 radical (unpaired) electrons. The van der Waals surface area contributed by atoms with Crippen molar-refractivity contribution in [3.8, 4) is 0 Å². The van der Waals surface area contributed by atoms with Crippen LogP contribution in [0.4, 0.5) is 0 Å². The van der Waals surface area contributed by atoms with Gasteiger partial charge in [0.05, 0.1) is 6.61 Å². The summed E-state index contributed by atoms with van der Waals surface area (Å²) in [6.45, 7) is 3.18. The van der Waals surface area contributed by atoms with Crippen LogP contribution in [-0.4, -0.2) is 65.9 Å². The number of carbonyl (C=O) groups excluding carboxylic acids is 4. The highest BCUT2D eigenvalue weighted by molar-refractivity contribution is 5.69. The quantitative estimate of drug-likeness (QED) is 0.208. The van der Waals surface area contributed by atoms with E-state index in [1.165, 1.54) is 0 Å². The molecule has 150 valence electrons. The minimum atomic E-state index is -2.61. The molecule has 0 saturated carbocycles. The molecule has 0 spiro atoms. The summed E-state index contributed by atoms with van der Waals surface area (Å²) >= 11 is 0. The topological polar surface area (TPSA) is 183 Å². The van der Waals surface area contributed by atoms with E-state index in [9.17, 15) is 24.3 Å². The van der Waals surface area contributed by atoms with Gasteiger partial charge in [0.1, 0.15) is 6.10 Å². The van der Waals surface area contributed by atoms with Crippen molar-refractivity contribution in [3.63, 3.8) is 0 Å². The minimum Gasteiger partial charge on any atom is -0.456 e. The number of esters is 4. The largest absolute Gasteiger partial charge is 0.456 e. The Kier molecular flexibility index (Phi) is 7.52. The molecule has 1 aliphatic heterocycles. The van der Waals surface area contributed by atoms with Crippen molar-refractivity contribution in [2.45, 2.75) is 58.0 Å². The average molecular weight is 389 g/mol. The van der Waals surface area contributed by atoms with E-state index in [1.54, 1.807) is 0 Å². The van der Waals surface area contributed by atoms with Crippen LogP contribution in [-0.2, 0) is 42.9 Å². The second-order valence-electron chi connectivity index (χ2n) is 5.43. The van der Waals surface area contributed by atoms with Crippen LogP contribution in [0.15, 0.2) is 5.11 Å². The smallest absolute Gasteiger partial charge is 0.335 e. The lowest BCUT2D eigenvalue weighted by molar-refractivity contribution is -0.350. The minimum absolute atomic E-state index is 0.813. The van der Waals surface area contributed by atoms with Gasteiger partial charge in [0.25, 0.3) is 0 Å². The molecule has 1 heterocycles. The molecule has 1 saturated heterocycles. The van der Waals surface area contributed by atoms with Gasteiger partial charge in [-0.25, -0.2) is 0 Å². The summed E-state index contributed by atoms with van der Waals surface area (Å²) in [7, 11) is 0. The zero-order chi connectivity index (χ0) is 20.8. The molecular weight excluding hydrogens is 370 g/mol. The van der Waals surface area contributed by atoms with E-state index >= 15 is 0 Å². The van der Waals surface area contributed by atoms with Gasteiger partial charge in [-0.3, -0.25) is 19.2 Å². The molecule has 0 bridgehead atoms. The fourth-order valence-electron chi connectivity index (χ4n) is 2.51. The molecule has 0 unspecified atom stereocenters. The van der Waals surface area contributed by atoms with E-state index in [0.29, 0.717) is 0 Å². The van der Waals surface area contributed by atoms with Gasteiger partial charge >= 0.3 is 29.8 Å². The van der Waals surface area contributed by atoms with Crippen molar-refractivity contribution in [1.29, 1.82) is 0 Å². The van der Waals surface area contributed by atoms with E-state index < -0.39 is 60.8 Å². The van der Waals surface area contributed by atoms with Crippen LogP contribution in [0.25, 0.3) is 10.4 Å². The molecule has 27 heavy (non-hydrogen) atoms. The van der Waals surface area contributed by atoms with Crippen molar-refractivity contribution < 1.29 is 48.0 Å². The van der Waals surface area contributed by atoms with Gasteiger partial charge in [-0.15, -0.1) is 0 Å². The Hall–Kier alpha value is -2.89. The number of aliphatic hydroxyl groups excluding tert-OH is 1. The van der Waals surface area contributed by atoms with E-state index in [0.717, 1.165) is 27.7 Å². The molecule has 13 nitrogen and oxygen atoms in total. The van der Waals surface area contributed by atoms with E-state index in [2.05, 4.69) is 10.0 Å². The van der Waals surface area contributed by atoms with Crippen molar-refractivity contribution in [3.05, 3.63) is 10.4 Å². The molecule has 1 aliphatic rings. The summed E-state index contributed by atoms with van der Waals surface area (Å²) in [5.74, 6) is -6.26. The van der Waals surface area contributed by atoms with Crippen LogP contribution in [0, 0.1) is 0 Å². The Morgan fingerprint density at radius 1 is 1.00 bits per heavy atom. The van der Waals surface area contributed by atoms with E-state index in [-0.39, 0.29) is 0 Å². The number of carbonyl (C=O) groups is 4. The summed E-state index contributed by atoms with van der Waals surface area (Å²) in [6.07, 6.45) is -6.36. The first-order valence-corrected chi connectivity index (χ1v) is 7.62. The van der Waals surface area contributed by atoms with Gasteiger partial charge in [0, 0.05) is 32.6 Å². The Morgan fingerprint density at radius 2 is 1.52 bits per heavy atom. The lowest BCUT2D eigenvalue weighted by Gasteiger charge is -2.47. The van der Waals surface area contributed by atoms with Crippen molar-refractivity contribution in [1.82, 2.24) is 0 Å². The molecule has 0 amide bonds. The van der Waals surface area contributed by atoms with Gasteiger partial charge in [0.2, 0.25) is 6.10 Å². The molecule has 5 atom stereocenters. The van der Waals surface area contributed by atoms with Crippen LogP contribution < -0.4 is 0 Å². The van der Waals surface area contributed by atoms with Gasteiger partial charge in [-0.2, -0.15) is 0 Å². The lowest BCUT2D eigenvalue weighted by atomic mass is 9.95. The molecule has 0 aromatic carbocycles. The maximum Gasteiger partial charge on any atom is 0.335 e. The summed E-state index contributed by atoms with van der Waals surface area (Å²) in [4.78, 5) is 48.6. The first kappa shape index (κ1) is 22.2. The van der Waals surface area contributed by atoms with Crippen LogP contribution >= 0.6 is 0 Å². The normalized spacial score (nSPS) is 29.7. The summed E-state index contributed by atoms with van der Waals surface area (Å²) in [5.41, 5.74) is 8.88. The molecule has 0 aromatic heterocycles. The van der Waals surface area contributed by atoms with E-state index in [4.69, 9.17) is 29.2 Å². The number of aliphatic hydroxyl groups is 1. The van der Waals surface area contributed by atoms with Crippen molar-refractivity contribution in [2.24, 2.45) is 5.11 Å². The second-order valence-corrected chi connectivity index (χ2v) is 5.43. The lowest BCUT2D eigenvalue weighted by Crippen LogP contribution is -2.68.